The summed E-state index contributed by atoms with van der Waals surface area (Å²) in [6, 6.07) is 0. The fourth-order valence-corrected chi connectivity index (χ4v) is 2.09. The molecule has 2 aliphatic rings. The van der Waals surface area contributed by atoms with Gasteiger partial charge in [0.25, 0.3) is 0 Å². The number of hydrogen-bond acceptors (Lipinski definition) is 3. The molecule has 2 saturated carbocycles. The Balaban J connectivity index is 1.62. The van der Waals surface area contributed by atoms with Gasteiger partial charge in [-0.2, -0.15) is 0 Å². The molecule has 1 heterocycles. The molecular formula is C11H18N4. The Morgan fingerprint density at radius 3 is 2.87 bits per heavy atom. The average Bonchev–Trinajstić information content (AvgIpc) is 3.11. The fourth-order valence-electron chi connectivity index (χ4n) is 2.09. The molecule has 2 fully saturated rings. The minimum atomic E-state index is 0.375. The highest BCUT2D eigenvalue weighted by Crippen LogP contribution is 2.46. The largest absolute Gasteiger partial charge is 0.330 e. The van der Waals surface area contributed by atoms with E-state index < -0.39 is 0 Å². The third kappa shape index (κ3) is 2.04. The van der Waals surface area contributed by atoms with Crippen LogP contribution < -0.4 is 5.73 Å². The molecule has 1 aromatic heterocycles. The summed E-state index contributed by atoms with van der Waals surface area (Å²) >= 11 is 0. The second-order valence-electron chi connectivity index (χ2n) is 5.26. The van der Waals surface area contributed by atoms with Crippen LogP contribution in [0.25, 0.3) is 0 Å². The highest BCUT2D eigenvalue weighted by molar-refractivity contribution is 5.05. The zero-order chi connectivity index (χ0) is 10.3. The normalized spacial score (nSPS) is 23.0. The maximum atomic E-state index is 5.76. The van der Waals surface area contributed by atoms with Crippen molar-refractivity contribution in [1.82, 2.24) is 15.0 Å². The fraction of sp³-hybridized carbons (Fsp3) is 0.818. The molecule has 15 heavy (non-hydrogen) atoms. The smallest absolute Gasteiger partial charge is 0.0833 e. The van der Waals surface area contributed by atoms with E-state index in [9.17, 15) is 0 Å². The SMILES string of the molecule is NCC1(Cc2cn(CC3CC3)nn2)CC1. The Morgan fingerprint density at radius 1 is 1.47 bits per heavy atom. The van der Waals surface area contributed by atoms with Crippen molar-refractivity contribution in [1.29, 1.82) is 0 Å². The lowest BCUT2D eigenvalue weighted by Crippen LogP contribution is -2.18. The third-order valence-electron chi connectivity index (χ3n) is 3.67. The number of rotatable bonds is 5. The van der Waals surface area contributed by atoms with E-state index in [1.807, 2.05) is 4.68 Å². The lowest BCUT2D eigenvalue weighted by molar-refractivity contribution is 0.513. The van der Waals surface area contributed by atoms with Crippen molar-refractivity contribution >= 4 is 0 Å². The van der Waals surface area contributed by atoms with Crippen LogP contribution in [0, 0.1) is 11.3 Å². The van der Waals surface area contributed by atoms with Gasteiger partial charge in [0.2, 0.25) is 0 Å². The lowest BCUT2D eigenvalue weighted by Gasteiger charge is -2.08. The summed E-state index contributed by atoms with van der Waals surface area (Å²) in [5, 5.41) is 8.40. The van der Waals surface area contributed by atoms with Gasteiger partial charge in [-0.1, -0.05) is 5.21 Å². The third-order valence-corrected chi connectivity index (χ3v) is 3.67. The molecule has 4 heteroatoms. The monoisotopic (exact) mass is 206 g/mol. The van der Waals surface area contributed by atoms with Crippen molar-refractivity contribution in [2.45, 2.75) is 38.6 Å². The van der Waals surface area contributed by atoms with Crippen molar-refractivity contribution in [3.05, 3.63) is 11.9 Å². The molecule has 0 unspecified atom stereocenters. The Kier molecular flexibility index (Phi) is 2.06. The number of nitrogens with two attached hydrogens (primary N) is 1. The number of nitrogens with zero attached hydrogens (tertiary/aromatic N) is 3. The van der Waals surface area contributed by atoms with E-state index in [2.05, 4.69) is 16.5 Å². The van der Waals surface area contributed by atoms with Gasteiger partial charge in [-0.05, 0) is 50.0 Å². The Morgan fingerprint density at radius 2 is 2.27 bits per heavy atom. The first-order valence-electron chi connectivity index (χ1n) is 5.89. The van der Waals surface area contributed by atoms with Crippen molar-refractivity contribution in [2.75, 3.05) is 6.54 Å². The van der Waals surface area contributed by atoms with Crippen LogP contribution in [-0.4, -0.2) is 21.5 Å². The maximum absolute atomic E-state index is 5.76. The molecule has 0 bridgehead atoms. The molecule has 0 saturated heterocycles. The molecule has 2 aliphatic carbocycles. The van der Waals surface area contributed by atoms with Gasteiger partial charge in [-0.3, -0.25) is 4.68 Å². The average molecular weight is 206 g/mol. The first-order chi connectivity index (χ1) is 7.30. The first kappa shape index (κ1) is 9.33. The van der Waals surface area contributed by atoms with Gasteiger partial charge in [0, 0.05) is 12.7 Å². The molecule has 3 rings (SSSR count). The molecule has 0 amide bonds. The molecular weight excluding hydrogens is 188 g/mol. The molecule has 0 radical (unpaired) electrons. The van der Waals surface area contributed by atoms with Crippen molar-refractivity contribution in [3.63, 3.8) is 0 Å². The van der Waals surface area contributed by atoms with Gasteiger partial charge in [0.1, 0.15) is 0 Å². The summed E-state index contributed by atoms with van der Waals surface area (Å²) in [6.07, 6.45) is 8.38. The quantitative estimate of drug-likeness (QED) is 0.781. The summed E-state index contributed by atoms with van der Waals surface area (Å²) < 4.78 is 2.00. The van der Waals surface area contributed by atoms with E-state index in [4.69, 9.17) is 5.73 Å². The van der Waals surface area contributed by atoms with Crippen molar-refractivity contribution < 1.29 is 0 Å². The lowest BCUT2D eigenvalue weighted by atomic mass is 10.0. The van der Waals surface area contributed by atoms with Crippen molar-refractivity contribution in [2.24, 2.45) is 17.1 Å². The predicted octanol–water partition coefficient (Wildman–Crippen LogP) is 0.969. The Hall–Kier alpha value is -0.900. The van der Waals surface area contributed by atoms with Crippen LogP contribution in [0.5, 0.6) is 0 Å². The van der Waals surface area contributed by atoms with Crippen molar-refractivity contribution in [3.8, 4) is 0 Å². The van der Waals surface area contributed by atoms with E-state index in [-0.39, 0.29) is 0 Å². The number of hydrogen-bond donors (Lipinski definition) is 1. The van der Waals surface area contributed by atoms with Crippen LogP contribution in [0.1, 0.15) is 31.4 Å². The molecule has 82 valence electrons. The molecule has 2 N–H and O–H groups in total. The van der Waals surface area contributed by atoms with E-state index in [1.54, 1.807) is 0 Å². The maximum Gasteiger partial charge on any atom is 0.0833 e. The zero-order valence-corrected chi connectivity index (χ0v) is 9.02. The predicted molar refractivity (Wildman–Crippen MR) is 57.2 cm³/mol. The molecule has 4 nitrogen and oxygen atoms in total. The minimum absolute atomic E-state index is 0.375. The summed E-state index contributed by atoms with van der Waals surface area (Å²) in [7, 11) is 0. The van der Waals surface area contributed by atoms with Crippen LogP contribution in [0.15, 0.2) is 6.20 Å². The Labute approximate surface area is 89.8 Å². The van der Waals surface area contributed by atoms with Gasteiger partial charge in [-0.25, -0.2) is 0 Å². The zero-order valence-electron chi connectivity index (χ0n) is 9.02. The van der Waals surface area contributed by atoms with E-state index in [0.717, 1.165) is 31.1 Å². The van der Waals surface area contributed by atoms with Crippen LogP contribution in [0.2, 0.25) is 0 Å². The molecule has 1 aromatic rings. The van der Waals surface area contributed by atoms with Gasteiger partial charge in [-0.15, -0.1) is 5.10 Å². The van der Waals surface area contributed by atoms with Gasteiger partial charge in [0.05, 0.1) is 5.69 Å². The van der Waals surface area contributed by atoms with Crippen LogP contribution in [-0.2, 0) is 13.0 Å². The highest BCUT2D eigenvalue weighted by atomic mass is 15.4. The second kappa shape index (κ2) is 3.30. The number of aromatic nitrogens is 3. The second-order valence-corrected chi connectivity index (χ2v) is 5.26. The van der Waals surface area contributed by atoms with Crippen LogP contribution in [0.3, 0.4) is 0 Å². The summed E-state index contributed by atoms with van der Waals surface area (Å²) in [6.45, 7) is 1.85. The molecule has 0 aromatic carbocycles. The van der Waals surface area contributed by atoms with Gasteiger partial charge < -0.3 is 5.73 Å². The first-order valence-corrected chi connectivity index (χ1v) is 5.89. The van der Waals surface area contributed by atoms with E-state index >= 15 is 0 Å². The van der Waals surface area contributed by atoms with Gasteiger partial charge in [0.15, 0.2) is 0 Å². The topological polar surface area (TPSA) is 56.7 Å². The Bertz CT molecular complexity index is 349. The highest BCUT2D eigenvalue weighted by Gasteiger charge is 2.41. The molecule has 0 aliphatic heterocycles. The summed E-state index contributed by atoms with van der Waals surface area (Å²) in [4.78, 5) is 0. The molecule has 0 spiro atoms. The van der Waals surface area contributed by atoms with Crippen LogP contribution >= 0.6 is 0 Å². The minimum Gasteiger partial charge on any atom is -0.330 e. The molecule has 0 atom stereocenters. The standard InChI is InChI=1S/C11H18N4/c12-8-11(3-4-11)5-10-7-15(14-13-10)6-9-1-2-9/h7,9H,1-6,8,12H2. The van der Waals surface area contributed by atoms with Gasteiger partial charge >= 0.3 is 0 Å². The van der Waals surface area contributed by atoms with E-state index in [0.29, 0.717) is 5.41 Å². The van der Waals surface area contributed by atoms with E-state index in [1.165, 1.54) is 25.7 Å². The van der Waals surface area contributed by atoms with Crippen LogP contribution in [0.4, 0.5) is 0 Å². The summed E-state index contributed by atoms with van der Waals surface area (Å²) in [5.74, 6) is 0.865. The summed E-state index contributed by atoms with van der Waals surface area (Å²) in [5.41, 5.74) is 7.26.